The lowest BCUT2D eigenvalue weighted by molar-refractivity contribution is -0.120. The minimum absolute atomic E-state index is 0.0638. The van der Waals surface area contributed by atoms with Gasteiger partial charge in [-0.15, -0.1) is 0 Å². The first-order valence-corrected chi connectivity index (χ1v) is 12.7. The summed E-state index contributed by atoms with van der Waals surface area (Å²) in [5.74, 6) is 0.0638. The molecule has 0 saturated heterocycles. The standard InChI is InChI=1S/C28H45N5O/c1-23(2)9-6-10-24(3)13-19-33-22-25(26-11-4-5-12-27(26)33)21-28(34)31-16-20-32(17-7-14-29)18-8-15-30/h4-5,9,11-13,22H,6-8,10,14-21,29-30H2,1-3H3,(H,31,34)/b24-13+. The molecule has 0 fully saturated rings. The van der Waals surface area contributed by atoms with Gasteiger partial charge < -0.3 is 26.3 Å². The van der Waals surface area contributed by atoms with Gasteiger partial charge in [0.25, 0.3) is 0 Å². The van der Waals surface area contributed by atoms with E-state index in [2.05, 4.69) is 72.1 Å². The van der Waals surface area contributed by atoms with Crippen molar-refractivity contribution in [2.75, 3.05) is 39.3 Å². The third-order valence-corrected chi connectivity index (χ3v) is 6.06. The lowest BCUT2D eigenvalue weighted by Crippen LogP contribution is -2.37. The Hall–Kier alpha value is -2.41. The average Bonchev–Trinajstić information content (AvgIpc) is 3.16. The van der Waals surface area contributed by atoms with Crippen molar-refractivity contribution in [2.45, 2.75) is 59.4 Å². The molecule has 34 heavy (non-hydrogen) atoms. The molecule has 0 aliphatic carbocycles. The van der Waals surface area contributed by atoms with Crippen LogP contribution in [-0.2, 0) is 17.8 Å². The van der Waals surface area contributed by atoms with Gasteiger partial charge in [0.2, 0.25) is 5.91 Å². The number of hydrogen-bond donors (Lipinski definition) is 3. The third kappa shape index (κ3) is 9.84. The summed E-state index contributed by atoms with van der Waals surface area (Å²) in [5, 5.41) is 4.25. The van der Waals surface area contributed by atoms with Gasteiger partial charge in [-0.05, 0) is 84.3 Å². The van der Waals surface area contributed by atoms with Gasteiger partial charge in [0.15, 0.2) is 0 Å². The molecule has 1 amide bonds. The number of nitrogens with zero attached hydrogens (tertiary/aromatic N) is 2. The van der Waals surface area contributed by atoms with Gasteiger partial charge in [-0.1, -0.05) is 41.5 Å². The molecular weight excluding hydrogens is 422 g/mol. The summed E-state index contributed by atoms with van der Waals surface area (Å²) < 4.78 is 2.25. The second-order valence-corrected chi connectivity index (χ2v) is 9.35. The van der Waals surface area contributed by atoms with E-state index in [0.717, 1.165) is 62.8 Å². The van der Waals surface area contributed by atoms with Crippen LogP contribution in [0.5, 0.6) is 0 Å². The fourth-order valence-electron chi connectivity index (χ4n) is 4.11. The van der Waals surface area contributed by atoms with Gasteiger partial charge in [-0.3, -0.25) is 4.79 Å². The highest BCUT2D eigenvalue weighted by atomic mass is 16.1. The first kappa shape index (κ1) is 27.8. The zero-order valence-electron chi connectivity index (χ0n) is 21.5. The molecule has 0 spiro atoms. The van der Waals surface area contributed by atoms with E-state index in [1.807, 2.05) is 6.07 Å². The number of carbonyl (C=O) groups excluding carboxylic acids is 1. The number of nitrogens with one attached hydrogen (secondary N) is 1. The molecule has 0 unspecified atom stereocenters. The van der Waals surface area contributed by atoms with Crippen LogP contribution >= 0.6 is 0 Å². The summed E-state index contributed by atoms with van der Waals surface area (Å²) >= 11 is 0. The first-order valence-electron chi connectivity index (χ1n) is 12.7. The molecule has 0 atom stereocenters. The Morgan fingerprint density at radius 1 is 1.03 bits per heavy atom. The summed E-state index contributed by atoms with van der Waals surface area (Å²) in [4.78, 5) is 15.0. The van der Waals surface area contributed by atoms with E-state index in [1.54, 1.807) is 0 Å². The molecule has 0 aliphatic heterocycles. The SMILES string of the molecule is CC(C)=CCC/C(C)=C/Cn1cc(CC(=O)NCCN(CCCN)CCCN)c2ccccc21. The van der Waals surface area contributed by atoms with Crippen molar-refractivity contribution in [1.82, 2.24) is 14.8 Å². The average molecular weight is 468 g/mol. The molecule has 1 aromatic heterocycles. The van der Waals surface area contributed by atoms with E-state index in [-0.39, 0.29) is 5.91 Å². The minimum Gasteiger partial charge on any atom is -0.355 e. The number of nitrogens with two attached hydrogens (primary N) is 2. The highest BCUT2D eigenvalue weighted by Crippen LogP contribution is 2.22. The molecule has 188 valence electrons. The second kappa shape index (κ2) is 15.5. The quantitative estimate of drug-likeness (QED) is 0.326. The summed E-state index contributed by atoms with van der Waals surface area (Å²) in [6.45, 7) is 12.0. The number of amides is 1. The molecule has 6 heteroatoms. The van der Waals surface area contributed by atoms with E-state index in [9.17, 15) is 4.79 Å². The van der Waals surface area contributed by atoms with Gasteiger partial charge in [0, 0.05) is 36.7 Å². The lowest BCUT2D eigenvalue weighted by Gasteiger charge is -2.21. The van der Waals surface area contributed by atoms with Crippen molar-refractivity contribution in [3.05, 3.63) is 59.3 Å². The third-order valence-electron chi connectivity index (χ3n) is 6.06. The minimum atomic E-state index is 0.0638. The Labute approximate surface area is 206 Å². The molecule has 6 nitrogen and oxygen atoms in total. The van der Waals surface area contributed by atoms with E-state index >= 15 is 0 Å². The van der Waals surface area contributed by atoms with E-state index in [1.165, 1.54) is 16.7 Å². The Bertz CT molecular complexity index is 931. The van der Waals surface area contributed by atoms with Gasteiger partial charge in [-0.25, -0.2) is 0 Å². The number of para-hydroxylation sites is 1. The van der Waals surface area contributed by atoms with Crippen LogP contribution in [0.3, 0.4) is 0 Å². The van der Waals surface area contributed by atoms with Crippen molar-refractivity contribution in [1.29, 1.82) is 0 Å². The number of allylic oxidation sites excluding steroid dienone is 4. The number of aromatic nitrogens is 1. The van der Waals surface area contributed by atoms with Crippen LogP contribution in [0.2, 0.25) is 0 Å². The Kier molecular flexibility index (Phi) is 12.7. The number of hydrogen-bond acceptors (Lipinski definition) is 4. The van der Waals surface area contributed by atoms with Gasteiger partial charge >= 0.3 is 0 Å². The number of benzene rings is 1. The van der Waals surface area contributed by atoms with Crippen LogP contribution in [0.1, 0.15) is 52.0 Å². The zero-order valence-corrected chi connectivity index (χ0v) is 21.5. The van der Waals surface area contributed by atoms with Crippen molar-refractivity contribution >= 4 is 16.8 Å². The van der Waals surface area contributed by atoms with Crippen molar-refractivity contribution < 1.29 is 4.79 Å². The fourth-order valence-corrected chi connectivity index (χ4v) is 4.11. The normalized spacial score (nSPS) is 11.9. The van der Waals surface area contributed by atoms with Gasteiger partial charge in [0.1, 0.15) is 0 Å². The van der Waals surface area contributed by atoms with Crippen LogP contribution in [0.25, 0.3) is 10.9 Å². The molecule has 2 rings (SSSR count). The highest BCUT2D eigenvalue weighted by molar-refractivity contribution is 5.89. The molecular formula is C28H45N5O. The van der Waals surface area contributed by atoms with Gasteiger partial charge in [-0.2, -0.15) is 0 Å². The molecule has 2 aromatic rings. The highest BCUT2D eigenvalue weighted by Gasteiger charge is 2.12. The first-order chi connectivity index (χ1) is 16.4. The molecule has 0 aliphatic rings. The summed E-state index contributed by atoms with van der Waals surface area (Å²) in [6, 6.07) is 8.35. The van der Waals surface area contributed by atoms with Crippen LogP contribution in [-0.4, -0.2) is 54.6 Å². The molecule has 0 bridgehead atoms. The zero-order chi connectivity index (χ0) is 24.8. The van der Waals surface area contributed by atoms with Crippen LogP contribution in [0, 0.1) is 0 Å². The van der Waals surface area contributed by atoms with E-state index < -0.39 is 0 Å². The monoisotopic (exact) mass is 467 g/mol. The largest absolute Gasteiger partial charge is 0.355 e. The maximum Gasteiger partial charge on any atom is 0.224 e. The van der Waals surface area contributed by atoms with Crippen molar-refractivity contribution in [3.63, 3.8) is 0 Å². The van der Waals surface area contributed by atoms with Crippen LogP contribution in [0.15, 0.2) is 53.8 Å². The Morgan fingerprint density at radius 3 is 2.41 bits per heavy atom. The van der Waals surface area contributed by atoms with Crippen molar-refractivity contribution in [3.8, 4) is 0 Å². The topological polar surface area (TPSA) is 89.3 Å². The van der Waals surface area contributed by atoms with E-state index in [4.69, 9.17) is 11.5 Å². The maximum absolute atomic E-state index is 12.7. The predicted molar refractivity (Wildman–Crippen MR) is 145 cm³/mol. The molecule has 1 aromatic carbocycles. The maximum atomic E-state index is 12.7. The Balaban J connectivity index is 1.96. The number of carbonyl (C=O) groups is 1. The molecule has 5 N–H and O–H groups in total. The summed E-state index contributed by atoms with van der Waals surface area (Å²) in [5.41, 5.74) is 16.3. The lowest BCUT2D eigenvalue weighted by atomic mass is 10.1. The smallest absolute Gasteiger partial charge is 0.224 e. The Morgan fingerprint density at radius 2 is 1.74 bits per heavy atom. The predicted octanol–water partition coefficient (Wildman–Crippen LogP) is 3.99. The number of rotatable bonds is 16. The fraction of sp³-hybridized carbons (Fsp3) is 0.536. The molecule has 0 saturated carbocycles. The number of fused-ring (bicyclic) bond motifs is 1. The van der Waals surface area contributed by atoms with Crippen LogP contribution in [0.4, 0.5) is 0 Å². The summed E-state index contributed by atoms with van der Waals surface area (Å²) in [7, 11) is 0. The van der Waals surface area contributed by atoms with E-state index in [0.29, 0.717) is 26.1 Å². The second-order valence-electron chi connectivity index (χ2n) is 9.35. The molecule has 0 radical (unpaired) electrons. The molecule has 1 heterocycles. The van der Waals surface area contributed by atoms with Gasteiger partial charge in [0.05, 0.1) is 6.42 Å². The summed E-state index contributed by atoms with van der Waals surface area (Å²) in [6.07, 6.45) is 11.2. The van der Waals surface area contributed by atoms with Crippen LogP contribution < -0.4 is 16.8 Å². The van der Waals surface area contributed by atoms with Crippen molar-refractivity contribution in [2.24, 2.45) is 11.5 Å².